The fourth-order valence-corrected chi connectivity index (χ4v) is 8.47. The van der Waals surface area contributed by atoms with Gasteiger partial charge in [-0.1, -0.05) is 226 Å². The molecule has 0 rings (SSSR count). The molecule has 0 aliphatic carbocycles. The van der Waals surface area contributed by atoms with Gasteiger partial charge in [-0.05, 0) is 103 Å². The molecule has 0 aromatic heterocycles. The summed E-state index contributed by atoms with van der Waals surface area (Å²) < 4.78 is 34.5. The van der Waals surface area contributed by atoms with Crippen molar-refractivity contribution in [1.82, 2.24) is 0 Å². The Hall–Kier alpha value is -3.33. The predicted molar refractivity (Wildman–Crippen MR) is 316 cm³/mol. The summed E-state index contributed by atoms with van der Waals surface area (Å²) in [6.45, 7) is 4.25. The summed E-state index contributed by atoms with van der Waals surface area (Å²) in [4.78, 5) is 35.7. The lowest BCUT2D eigenvalue weighted by atomic mass is 10.0. The van der Waals surface area contributed by atoms with Gasteiger partial charge in [0.2, 0.25) is 0 Å². The third-order valence-corrected chi connectivity index (χ3v) is 13.3. The Labute approximate surface area is 455 Å². The Bertz CT molecular complexity index is 1620. The van der Waals surface area contributed by atoms with E-state index in [1.807, 2.05) is 21.1 Å². The van der Waals surface area contributed by atoms with E-state index in [4.69, 9.17) is 18.5 Å². The van der Waals surface area contributed by atoms with E-state index in [9.17, 15) is 19.0 Å². The number of hydrogen-bond donors (Lipinski definition) is 1. The highest BCUT2D eigenvalue weighted by atomic mass is 31.2. The van der Waals surface area contributed by atoms with Crippen molar-refractivity contribution in [2.75, 3.05) is 47.5 Å². The highest BCUT2D eigenvalue weighted by Gasteiger charge is 2.27. The molecule has 0 radical (unpaired) electrons. The molecule has 74 heavy (non-hydrogen) atoms. The van der Waals surface area contributed by atoms with Gasteiger partial charge in [0.25, 0.3) is 0 Å². The minimum atomic E-state index is -4.41. The number of esters is 2. The summed E-state index contributed by atoms with van der Waals surface area (Å²) in [5.74, 6) is -0.853. The molecule has 9 nitrogen and oxygen atoms in total. The zero-order valence-corrected chi connectivity index (χ0v) is 48.9. The number of phosphoric ester groups is 1. The first-order valence-corrected chi connectivity index (χ1v) is 31.1. The number of quaternary nitrogens is 1. The molecule has 0 heterocycles. The second-order valence-corrected chi connectivity index (χ2v) is 22.1. The van der Waals surface area contributed by atoms with Crippen molar-refractivity contribution in [3.05, 3.63) is 109 Å². The van der Waals surface area contributed by atoms with E-state index < -0.39 is 26.5 Å². The number of phosphoric acid groups is 1. The number of nitrogens with zero attached hydrogens (tertiary/aromatic N) is 1. The molecule has 0 saturated carbocycles. The van der Waals surface area contributed by atoms with E-state index in [-0.39, 0.29) is 32.0 Å². The van der Waals surface area contributed by atoms with Crippen molar-refractivity contribution in [2.24, 2.45) is 0 Å². The molecule has 0 aliphatic rings. The van der Waals surface area contributed by atoms with Crippen LogP contribution in [0.15, 0.2) is 109 Å². The number of carbonyl (C=O) groups is 2. The summed E-state index contributed by atoms with van der Waals surface area (Å²) in [6, 6.07) is 0. The van der Waals surface area contributed by atoms with E-state index in [1.54, 1.807) is 0 Å². The fraction of sp³-hybridized carbons (Fsp3) is 0.688. The molecule has 424 valence electrons. The second kappa shape index (κ2) is 54.5. The molecule has 0 aliphatic heterocycles. The van der Waals surface area contributed by atoms with Gasteiger partial charge in [-0.25, -0.2) is 4.57 Å². The molecule has 0 aromatic rings. The molecule has 0 aromatic carbocycles. The SMILES string of the molecule is CC/C=C\C/C=C\C/C=C\C/C=C\C/C=C\C/C=C\CCCCC(=O)OC(COC(=O)CCCCCCCCCCCCCCCC/C=C\C/C=C\C/C=C\CCCCCCC)COP(=O)(O)OCC[N+](C)(C)C. The van der Waals surface area contributed by atoms with Crippen molar-refractivity contribution in [2.45, 2.75) is 238 Å². The zero-order chi connectivity index (χ0) is 54.2. The van der Waals surface area contributed by atoms with Crippen LogP contribution in [0.5, 0.6) is 0 Å². The number of carbonyl (C=O) groups excluding carboxylic acids is 2. The summed E-state index contributed by atoms with van der Waals surface area (Å²) in [6.07, 6.45) is 75.9. The molecule has 0 bridgehead atoms. The maximum absolute atomic E-state index is 12.8. The lowest BCUT2D eigenvalue weighted by Gasteiger charge is -2.24. The van der Waals surface area contributed by atoms with Crippen LogP contribution in [0.25, 0.3) is 0 Å². The number of rotatable bonds is 53. The van der Waals surface area contributed by atoms with E-state index in [1.165, 1.54) is 116 Å². The summed E-state index contributed by atoms with van der Waals surface area (Å²) in [5, 5.41) is 0. The first-order valence-electron chi connectivity index (χ1n) is 29.6. The summed E-state index contributed by atoms with van der Waals surface area (Å²) in [7, 11) is 1.43. The molecular weight excluding hydrogens is 942 g/mol. The standard InChI is InChI=1S/C64H110NO8P/c1-6-8-10-12-14-16-18-20-22-24-26-28-29-30-31-32-33-34-35-37-38-40-42-44-46-48-50-52-54-56-63(66)70-60-62(61-72-74(68,69)71-59-58-65(3,4)5)73-64(67)57-55-53-51-49-47-45-43-41-39-36-27-25-23-21-19-17-15-13-11-9-7-2/h9,11,15,17-18,20-21,23-24,26-27,29-30,36,41,43,47,49,62H,6-8,10,12-14,16,19,22,25,28,31-35,37-40,42,44-46,48,50-61H2,1-5H3/p+1/b11-9-,17-15-,20-18-,23-21-,26-24-,30-29-,36-27-,43-41-,49-47-. The quantitative estimate of drug-likeness (QED) is 0.0211. The van der Waals surface area contributed by atoms with Crippen LogP contribution in [0.4, 0.5) is 0 Å². The lowest BCUT2D eigenvalue weighted by molar-refractivity contribution is -0.870. The van der Waals surface area contributed by atoms with Crippen LogP contribution in [0.3, 0.4) is 0 Å². The third kappa shape index (κ3) is 57.9. The molecule has 0 amide bonds. The minimum Gasteiger partial charge on any atom is -0.462 e. The highest BCUT2D eigenvalue weighted by Crippen LogP contribution is 2.43. The molecule has 0 spiro atoms. The second-order valence-electron chi connectivity index (χ2n) is 20.6. The Morgan fingerprint density at radius 3 is 1.18 bits per heavy atom. The van der Waals surface area contributed by atoms with E-state index in [0.29, 0.717) is 17.4 Å². The number of ether oxygens (including phenoxy) is 2. The lowest BCUT2D eigenvalue weighted by Crippen LogP contribution is -2.37. The van der Waals surface area contributed by atoms with Crippen LogP contribution >= 0.6 is 7.82 Å². The van der Waals surface area contributed by atoms with Gasteiger partial charge in [0.1, 0.15) is 19.8 Å². The van der Waals surface area contributed by atoms with Gasteiger partial charge >= 0.3 is 19.8 Å². The summed E-state index contributed by atoms with van der Waals surface area (Å²) >= 11 is 0. The van der Waals surface area contributed by atoms with Crippen LogP contribution < -0.4 is 0 Å². The minimum absolute atomic E-state index is 0.0175. The van der Waals surface area contributed by atoms with E-state index in [2.05, 4.69) is 123 Å². The van der Waals surface area contributed by atoms with Crippen molar-refractivity contribution < 1.29 is 42.1 Å². The Kier molecular flexibility index (Phi) is 52.0. The van der Waals surface area contributed by atoms with Gasteiger partial charge in [0, 0.05) is 12.8 Å². The van der Waals surface area contributed by atoms with Crippen LogP contribution in [-0.2, 0) is 32.7 Å². The molecular formula is C64H111NO8P+. The monoisotopic (exact) mass is 1050 g/mol. The smallest absolute Gasteiger partial charge is 0.462 e. The first kappa shape index (κ1) is 70.7. The van der Waals surface area contributed by atoms with E-state index in [0.717, 1.165) is 83.5 Å². The number of allylic oxidation sites excluding steroid dienone is 18. The fourth-order valence-electron chi connectivity index (χ4n) is 7.73. The average Bonchev–Trinajstić information content (AvgIpc) is 3.36. The molecule has 0 fully saturated rings. The van der Waals surface area contributed by atoms with Gasteiger partial charge < -0.3 is 18.9 Å². The zero-order valence-electron chi connectivity index (χ0n) is 48.0. The van der Waals surface area contributed by atoms with Gasteiger partial charge in [0.15, 0.2) is 6.10 Å². The third-order valence-electron chi connectivity index (χ3n) is 12.3. The van der Waals surface area contributed by atoms with Crippen molar-refractivity contribution in [1.29, 1.82) is 0 Å². The van der Waals surface area contributed by atoms with Gasteiger partial charge in [0.05, 0.1) is 27.7 Å². The highest BCUT2D eigenvalue weighted by molar-refractivity contribution is 7.47. The van der Waals surface area contributed by atoms with Crippen molar-refractivity contribution >= 4 is 19.8 Å². The Morgan fingerprint density at radius 1 is 0.432 bits per heavy atom. The van der Waals surface area contributed by atoms with Crippen LogP contribution in [0.1, 0.15) is 232 Å². The molecule has 10 heteroatoms. The topological polar surface area (TPSA) is 108 Å². The Morgan fingerprint density at radius 2 is 0.770 bits per heavy atom. The maximum Gasteiger partial charge on any atom is 0.472 e. The molecule has 1 N–H and O–H groups in total. The Balaban J connectivity index is 4.21. The van der Waals surface area contributed by atoms with Crippen molar-refractivity contribution in [3.63, 3.8) is 0 Å². The number of unbranched alkanes of at least 4 members (excludes halogenated alkanes) is 21. The van der Waals surface area contributed by atoms with Crippen LogP contribution in [0.2, 0.25) is 0 Å². The van der Waals surface area contributed by atoms with Gasteiger partial charge in [-0.2, -0.15) is 0 Å². The van der Waals surface area contributed by atoms with Crippen LogP contribution in [-0.4, -0.2) is 74.9 Å². The largest absolute Gasteiger partial charge is 0.472 e. The van der Waals surface area contributed by atoms with Gasteiger partial charge in [-0.15, -0.1) is 0 Å². The normalized spacial score (nSPS) is 14.1. The maximum atomic E-state index is 12.8. The first-order chi connectivity index (χ1) is 36.0. The number of hydrogen-bond acceptors (Lipinski definition) is 7. The van der Waals surface area contributed by atoms with Crippen LogP contribution in [0, 0.1) is 0 Å². The van der Waals surface area contributed by atoms with Gasteiger partial charge in [-0.3, -0.25) is 18.6 Å². The van der Waals surface area contributed by atoms with Crippen molar-refractivity contribution in [3.8, 4) is 0 Å². The number of likely N-dealkylation sites (N-methyl/N-ethyl adjacent to an activating group) is 1. The summed E-state index contributed by atoms with van der Waals surface area (Å²) in [5.41, 5.74) is 0. The molecule has 2 unspecified atom stereocenters. The predicted octanol–water partition coefficient (Wildman–Crippen LogP) is 18.6. The molecule has 2 atom stereocenters. The molecule has 0 saturated heterocycles. The van der Waals surface area contributed by atoms with E-state index >= 15 is 0 Å². The average molecular weight is 1050 g/mol.